The SMILES string of the molecule is CCN(CC)c1nn(Cc2ccc(F)cc2)c2ccc(S(=O)(=O)Cl)cc12. The maximum atomic E-state index is 13.1. The van der Waals surface area contributed by atoms with Gasteiger partial charge in [-0.1, -0.05) is 12.1 Å². The van der Waals surface area contributed by atoms with Crippen LogP contribution in [0.15, 0.2) is 47.4 Å². The van der Waals surface area contributed by atoms with Crippen molar-refractivity contribution < 1.29 is 12.8 Å². The number of anilines is 1. The summed E-state index contributed by atoms with van der Waals surface area (Å²) in [6, 6.07) is 11.0. The molecule has 0 fully saturated rings. The van der Waals surface area contributed by atoms with Gasteiger partial charge in [-0.15, -0.1) is 0 Å². The lowest BCUT2D eigenvalue weighted by molar-refractivity contribution is 0.609. The lowest BCUT2D eigenvalue weighted by Gasteiger charge is -2.18. The molecule has 1 aromatic heterocycles. The Morgan fingerprint density at radius 2 is 1.77 bits per heavy atom. The van der Waals surface area contributed by atoms with Crippen LogP contribution in [0.2, 0.25) is 0 Å². The minimum atomic E-state index is -3.83. The Labute approximate surface area is 156 Å². The molecule has 0 amide bonds. The fourth-order valence-corrected chi connectivity index (χ4v) is 3.71. The van der Waals surface area contributed by atoms with Gasteiger partial charge in [-0.3, -0.25) is 4.68 Å². The Kier molecular flexibility index (Phi) is 5.20. The molecule has 0 saturated carbocycles. The molecule has 0 atom stereocenters. The van der Waals surface area contributed by atoms with Crippen molar-refractivity contribution in [3.63, 3.8) is 0 Å². The van der Waals surface area contributed by atoms with E-state index in [1.807, 2.05) is 18.7 Å². The van der Waals surface area contributed by atoms with Crippen LogP contribution in [0.1, 0.15) is 19.4 Å². The molecule has 3 aromatic rings. The Hall–Kier alpha value is -2.12. The topological polar surface area (TPSA) is 55.2 Å². The first-order valence-electron chi connectivity index (χ1n) is 8.28. The van der Waals surface area contributed by atoms with E-state index in [2.05, 4.69) is 5.10 Å². The summed E-state index contributed by atoms with van der Waals surface area (Å²) in [6.45, 7) is 5.94. The highest BCUT2D eigenvalue weighted by molar-refractivity contribution is 8.13. The van der Waals surface area contributed by atoms with Crippen LogP contribution in [-0.4, -0.2) is 31.3 Å². The van der Waals surface area contributed by atoms with Gasteiger partial charge in [-0.25, -0.2) is 12.8 Å². The number of halogens is 2. The molecule has 0 unspecified atom stereocenters. The molecule has 3 rings (SSSR count). The summed E-state index contributed by atoms with van der Waals surface area (Å²) in [4.78, 5) is 2.09. The minimum absolute atomic E-state index is 0.0430. The fourth-order valence-electron chi connectivity index (χ4n) is 2.93. The van der Waals surface area contributed by atoms with Crippen molar-refractivity contribution in [2.24, 2.45) is 0 Å². The van der Waals surface area contributed by atoms with Gasteiger partial charge in [0.1, 0.15) is 5.82 Å². The van der Waals surface area contributed by atoms with Crippen LogP contribution in [0.4, 0.5) is 10.2 Å². The lowest BCUT2D eigenvalue weighted by Crippen LogP contribution is -2.22. The maximum absolute atomic E-state index is 13.1. The first kappa shape index (κ1) is 18.7. The van der Waals surface area contributed by atoms with Crippen LogP contribution < -0.4 is 4.90 Å². The van der Waals surface area contributed by atoms with Gasteiger partial charge in [0.05, 0.1) is 17.0 Å². The number of benzene rings is 2. The van der Waals surface area contributed by atoms with Gasteiger partial charge in [0.25, 0.3) is 9.05 Å². The third kappa shape index (κ3) is 3.68. The molecule has 1 heterocycles. The number of fused-ring (bicyclic) bond motifs is 1. The fraction of sp³-hybridized carbons (Fsp3) is 0.278. The van der Waals surface area contributed by atoms with Crippen molar-refractivity contribution in [1.82, 2.24) is 9.78 Å². The van der Waals surface area contributed by atoms with Crippen molar-refractivity contribution in [1.29, 1.82) is 0 Å². The average Bonchev–Trinajstić information content (AvgIpc) is 2.95. The van der Waals surface area contributed by atoms with Crippen molar-refractivity contribution in [3.05, 3.63) is 53.8 Å². The zero-order valence-corrected chi connectivity index (χ0v) is 16.1. The Morgan fingerprint density at radius 1 is 1.12 bits per heavy atom. The molecule has 26 heavy (non-hydrogen) atoms. The maximum Gasteiger partial charge on any atom is 0.261 e. The predicted octanol–water partition coefficient (Wildman–Crippen LogP) is 4.00. The minimum Gasteiger partial charge on any atom is -0.355 e. The van der Waals surface area contributed by atoms with Gasteiger partial charge in [0.15, 0.2) is 5.82 Å². The summed E-state index contributed by atoms with van der Waals surface area (Å²) in [7, 11) is 1.68. The van der Waals surface area contributed by atoms with Crippen LogP contribution >= 0.6 is 10.7 Å². The number of hydrogen-bond acceptors (Lipinski definition) is 4. The quantitative estimate of drug-likeness (QED) is 0.592. The van der Waals surface area contributed by atoms with E-state index in [-0.39, 0.29) is 10.7 Å². The molecular formula is C18H19ClFN3O2S. The van der Waals surface area contributed by atoms with Crippen molar-refractivity contribution >= 4 is 36.5 Å². The van der Waals surface area contributed by atoms with E-state index >= 15 is 0 Å². The van der Waals surface area contributed by atoms with Crippen molar-refractivity contribution in [2.75, 3.05) is 18.0 Å². The summed E-state index contributed by atoms with van der Waals surface area (Å²) in [6.07, 6.45) is 0. The van der Waals surface area contributed by atoms with Gasteiger partial charge >= 0.3 is 0 Å². The van der Waals surface area contributed by atoms with Crippen molar-refractivity contribution in [2.45, 2.75) is 25.3 Å². The third-order valence-electron chi connectivity index (χ3n) is 4.29. The largest absolute Gasteiger partial charge is 0.355 e. The third-order valence-corrected chi connectivity index (χ3v) is 5.64. The lowest BCUT2D eigenvalue weighted by atomic mass is 10.2. The second-order valence-electron chi connectivity index (χ2n) is 5.90. The highest BCUT2D eigenvalue weighted by atomic mass is 35.7. The highest BCUT2D eigenvalue weighted by Gasteiger charge is 2.19. The molecule has 138 valence electrons. The van der Waals surface area contributed by atoms with E-state index in [0.717, 1.165) is 29.6 Å². The first-order valence-corrected chi connectivity index (χ1v) is 10.6. The van der Waals surface area contributed by atoms with Crippen LogP contribution in [0.25, 0.3) is 10.9 Å². The number of rotatable bonds is 6. The molecule has 0 aliphatic carbocycles. The predicted molar refractivity (Wildman–Crippen MR) is 102 cm³/mol. The zero-order chi connectivity index (χ0) is 18.9. The second kappa shape index (κ2) is 7.25. The molecule has 8 heteroatoms. The molecule has 0 N–H and O–H groups in total. The summed E-state index contributed by atoms with van der Waals surface area (Å²) >= 11 is 0. The Balaban J connectivity index is 2.15. The van der Waals surface area contributed by atoms with Gasteiger partial charge in [0, 0.05) is 29.2 Å². The van der Waals surface area contributed by atoms with E-state index < -0.39 is 9.05 Å². The monoisotopic (exact) mass is 395 g/mol. The Morgan fingerprint density at radius 3 is 2.35 bits per heavy atom. The molecule has 5 nitrogen and oxygen atoms in total. The van der Waals surface area contributed by atoms with E-state index in [0.29, 0.717) is 12.4 Å². The Bertz CT molecular complexity index is 1030. The first-order chi connectivity index (χ1) is 12.3. The van der Waals surface area contributed by atoms with E-state index in [9.17, 15) is 12.8 Å². The zero-order valence-electron chi connectivity index (χ0n) is 14.5. The summed E-state index contributed by atoms with van der Waals surface area (Å²) < 4.78 is 38.4. The molecule has 0 aliphatic rings. The van der Waals surface area contributed by atoms with Gasteiger partial charge < -0.3 is 4.90 Å². The molecule has 0 radical (unpaired) electrons. The second-order valence-corrected chi connectivity index (χ2v) is 8.46. The van der Waals surface area contributed by atoms with Crippen LogP contribution in [0.5, 0.6) is 0 Å². The smallest absolute Gasteiger partial charge is 0.261 e. The molecule has 0 spiro atoms. The molecular weight excluding hydrogens is 377 g/mol. The summed E-state index contributed by atoms with van der Waals surface area (Å²) in [5.74, 6) is 0.411. The van der Waals surface area contributed by atoms with E-state index in [1.165, 1.54) is 18.2 Å². The summed E-state index contributed by atoms with van der Waals surface area (Å²) in [5, 5.41) is 5.40. The normalized spacial score (nSPS) is 11.8. The molecule has 0 bridgehead atoms. The number of aromatic nitrogens is 2. The van der Waals surface area contributed by atoms with Crippen LogP contribution in [0.3, 0.4) is 0 Å². The van der Waals surface area contributed by atoms with Crippen LogP contribution in [-0.2, 0) is 15.6 Å². The van der Waals surface area contributed by atoms with Gasteiger partial charge in [-0.05, 0) is 49.7 Å². The standard InChI is InChI=1S/C18H19ClFN3O2S/c1-3-22(4-2)18-16-11-15(26(19,24)25)9-10-17(16)23(21-18)12-13-5-7-14(20)8-6-13/h5-11H,3-4,12H2,1-2H3. The molecule has 2 aromatic carbocycles. The average molecular weight is 396 g/mol. The van der Waals surface area contributed by atoms with Gasteiger partial charge in [0.2, 0.25) is 0 Å². The summed E-state index contributed by atoms with van der Waals surface area (Å²) in [5.41, 5.74) is 1.69. The van der Waals surface area contributed by atoms with E-state index in [4.69, 9.17) is 10.7 Å². The number of nitrogens with zero attached hydrogens (tertiary/aromatic N) is 3. The highest BCUT2D eigenvalue weighted by Crippen LogP contribution is 2.30. The van der Waals surface area contributed by atoms with Crippen molar-refractivity contribution in [3.8, 4) is 0 Å². The molecule has 0 aliphatic heterocycles. The van der Waals surface area contributed by atoms with Crippen LogP contribution in [0, 0.1) is 5.82 Å². The van der Waals surface area contributed by atoms with E-state index in [1.54, 1.807) is 28.9 Å². The molecule has 0 saturated heterocycles. The van der Waals surface area contributed by atoms with Gasteiger partial charge in [-0.2, -0.15) is 5.10 Å². The number of hydrogen-bond donors (Lipinski definition) is 0.